The number of amides is 1. The van der Waals surface area contributed by atoms with E-state index in [2.05, 4.69) is 20.4 Å². The molecule has 11 heteroatoms. The molecule has 4 heterocycles. The minimum absolute atomic E-state index is 0.0418. The molecule has 1 aliphatic heterocycles. The molecule has 0 aliphatic carbocycles. The Morgan fingerprint density at radius 2 is 2.15 bits per heavy atom. The van der Waals surface area contributed by atoms with E-state index in [0.717, 1.165) is 25.0 Å². The third-order valence-electron chi connectivity index (χ3n) is 5.50. The van der Waals surface area contributed by atoms with Gasteiger partial charge < -0.3 is 14.6 Å². The summed E-state index contributed by atoms with van der Waals surface area (Å²) < 4.78 is 12.3. The van der Waals surface area contributed by atoms with Crippen LogP contribution in [-0.4, -0.2) is 44.9 Å². The summed E-state index contributed by atoms with van der Waals surface area (Å²) in [5.74, 6) is 0.471. The van der Waals surface area contributed by atoms with Crippen LogP contribution in [0.25, 0.3) is 32.4 Å². The topological polar surface area (TPSA) is 112 Å². The smallest absolute Gasteiger partial charge is 0.268 e. The summed E-state index contributed by atoms with van der Waals surface area (Å²) in [6.45, 7) is 2.87. The van der Waals surface area contributed by atoms with Gasteiger partial charge in [0.1, 0.15) is 11.4 Å². The van der Waals surface area contributed by atoms with Gasteiger partial charge in [-0.3, -0.25) is 14.2 Å². The van der Waals surface area contributed by atoms with Gasteiger partial charge >= 0.3 is 0 Å². The van der Waals surface area contributed by atoms with Crippen LogP contribution in [0, 0.1) is 6.92 Å². The fraction of sp³-hybridized carbons (Fsp3) is 0.318. The van der Waals surface area contributed by atoms with E-state index in [4.69, 9.17) is 20.9 Å². The van der Waals surface area contributed by atoms with Crippen molar-refractivity contribution in [2.75, 3.05) is 13.2 Å². The predicted octanol–water partition coefficient (Wildman–Crippen LogP) is 3.43. The number of hydrogen-bond acceptors (Lipinski definition) is 8. The summed E-state index contributed by atoms with van der Waals surface area (Å²) in [5, 5.41) is 7.93. The Hall–Kier alpha value is -3.08. The van der Waals surface area contributed by atoms with Gasteiger partial charge in [0.2, 0.25) is 11.7 Å². The monoisotopic (exact) mass is 485 g/mol. The zero-order valence-electron chi connectivity index (χ0n) is 17.7. The number of carbonyl (C=O) groups excluding carboxylic acids is 1. The maximum Gasteiger partial charge on any atom is 0.268 e. The molecule has 1 fully saturated rings. The number of thiophene rings is 1. The van der Waals surface area contributed by atoms with Crippen LogP contribution >= 0.6 is 22.9 Å². The number of benzene rings is 1. The largest absolute Gasteiger partial charge is 0.376 e. The van der Waals surface area contributed by atoms with Crippen LogP contribution in [0.4, 0.5) is 0 Å². The number of carbonyl (C=O) groups is 1. The van der Waals surface area contributed by atoms with E-state index in [1.165, 1.54) is 22.2 Å². The van der Waals surface area contributed by atoms with Gasteiger partial charge in [0.05, 0.1) is 22.7 Å². The van der Waals surface area contributed by atoms with Crippen molar-refractivity contribution in [3.63, 3.8) is 0 Å². The molecule has 5 rings (SSSR count). The molecule has 1 atom stereocenters. The molecular formula is C22H20ClN5O4S. The molecule has 1 N–H and O–H groups in total. The molecular weight excluding hydrogens is 466 g/mol. The normalized spacial score (nSPS) is 15.9. The average Bonchev–Trinajstić information content (AvgIpc) is 3.55. The maximum absolute atomic E-state index is 13.1. The summed E-state index contributed by atoms with van der Waals surface area (Å²) in [4.78, 5) is 35.5. The third kappa shape index (κ3) is 4.41. The lowest BCUT2D eigenvalue weighted by Gasteiger charge is -2.11. The van der Waals surface area contributed by atoms with Crippen LogP contribution in [0.5, 0.6) is 0 Å². The van der Waals surface area contributed by atoms with Crippen molar-refractivity contribution in [1.29, 1.82) is 0 Å². The second-order valence-corrected chi connectivity index (χ2v) is 9.22. The number of hydrogen-bond donors (Lipinski definition) is 1. The van der Waals surface area contributed by atoms with Crippen LogP contribution in [0.15, 0.2) is 39.9 Å². The zero-order valence-corrected chi connectivity index (χ0v) is 19.3. The highest BCUT2D eigenvalue weighted by Gasteiger charge is 2.21. The number of aryl methyl sites for hydroxylation is 1. The van der Waals surface area contributed by atoms with Crippen molar-refractivity contribution in [2.45, 2.75) is 32.4 Å². The number of nitrogens with one attached hydrogen (secondary N) is 1. The molecule has 0 unspecified atom stereocenters. The number of fused-ring (bicyclic) bond motifs is 1. The molecule has 33 heavy (non-hydrogen) atoms. The summed E-state index contributed by atoms with van der Waals surface area (Å²) in [7, 11) is 0. The first-order valence-electron chi connectivity index (χ1n) is 10.5. The highest BCUT2D eigenvalue weighted by Crippen LogP contribution is 2.35. The molecule has 170 valence electrons. The van der Waals surface area contributed by atoms with Crippen molar-refractivity contribution >= 4 is 39.1 Å². The van der Waals surface area contributed by atoms with Crippen molar-refractivity contribution in [3.8, 4) is 22.2 Å². The molecule has 9 nitrogen and oxygen atoms in total. The summed E-state index contributed by atoms with van der Waals surface area (Å²) in [5.41, 5.74) is 1.17. The lowest BCUT2D eigenvalue weighted by molar-refractivity contribution is -0.122. The molecule has 0 radical (unpaired) electrons. The summed E-state index contributed by atoms with van der Waals surface area (Å²) in [6.07, 6.45) is 3.37. The van der Waals surface area contributed by atoms with Gasteiger partial charge in [-0.1, -0.05) is 16.8 Å². The number of halogens is 1. The zero-order chi connectivity index (χ0) is 22.9. The van der Waals surface area contributed by atoms with E-state index in [1.807, 2.05) is 6.92 Å². The Labute approximate surface area is 197 Å². The van der Waals surface area contributed by atoms with Crippen molar-refractivity contribution in [1.82, 2.24) is 25.0 Å². The highest BCUT2D eigenvalue weighted by atomic mass is 35.5. The van der Waals surface area contributed by atoms with Crippen molar-refractivity contribution in [2.24, 2.45) is 0 Å². The van der Waals surface area contributed by atoms with E-state index < -0.39 is 0 Å². The van der Waals surface area contributed by atoms with E-state index >= 15 is 0 Å². The lowest BCUT2D eigenvalue weighted by Crippen LogP contribution is -2.36. The first kappa shape index (κ1) is 21.7. The standard InChI is InChI=1S/C22H20ClN5O4S/c1-12-17-21(25-11-28(22(17)30)10-16(29)24-9-15-3-2-8-31-15)33-18(12)20-26-19(27-32-20)13-4-6-14(23)7-5-13/h4-7,11,15H,2-3,8-10H2,1H3,(H,24,29)/t15-/m0/s1. The molecule has 1 aliphatic rings. The van der Waals surface area contributed by atoms with E-state index in [-0.39, 0.29) is 24.1 Å². The van der Waals surface area contributed by atoms with Gasteiger partial charge in [0.25, 0.3) is 11.4 Å². The minimum Gasteiger partial charge on any atom is -0.376 e. The second kappa shape index (κ2) is 9.05. The Morgan fingerprint density at radius 1 is 1.33 bits per heavy atom. The van der Waals surface area contributed by atoms with E-state index in [0.29, 0.717) is 43.9 Å². The summed E-state index contributed by atoms with van der Waals surface area (Å²) >= 11 is 7.24. The Balaban J connectivity index is 1.39. The van der Waals surface area contributed by atoms with Crippen LogP contribution < -0.4 is 10.9 Å². The van der Waals surface area contributed by atoms with Gasteiger partial charge in [0.15, 0.2) is 0 Å². The number of ether oxygens (including phenoxy) is 1. The first-order chi connectivity index (χ1) is 16.0. The molecule has 0 saturated carbocycles. The fourth-order valence-electron chi connectivity index (χ4n) is 3.75. The van der Waals surface area contributed by atoms with Gasteiger partial charge in [-0.15, -0.1) is 11.3 Å². The minimum atomic E-state index is -0.287. The molecule has 1 saturated heterocycles. The molecule has 0 bridgehead atoms. The first-order valence-corrected chi connectivity index (χ1v) is 11.7. The Morgan fingerprint density at radius 3 is 2.91 bits per heavy atom. The van der Waals surface area contributed by atoms with Gasteiger partial charge in [-0.25, -0.2) is 4.98 Å². The molecule has 0 spiro atoms. The second-order valence-electron chi connectivity index (χ2n) is 7.78. The average molecular weight is 486 g/mol. The highest BCUT2D eigenvalue weighted by molar-refractivity contribution is 7.22. The van der Waals surface area contributed by atoms with Gasteiger partial charge in [-0.05, 0) is 49.6 Å². The third-order valence-corrected chi connectivity index (χ3v) is 6.94. The van der Waals surface area contributed by atoms with E-state index in [1.54, 1.807) is 24.3 Å². The van der Waals surface area contributed by atoms with Crippen molar-refractivity contribution in [3.05, 3.63) is 51.5 Å². The lowest BCUT2D eigenvalue weighted by atomic mass is 10.2. The van der Waals surface area contributed by atoms with Crippen LogP contribution in [-0.2, 0) is 16.1 Å². The van der Waals surface area contributed by atoms with Gasteiger partial charge in [-0.2, -0.15) is 4.98 Å². The maximum atomic E-state index is 13.1. The van der Waals surface area contributed by atoms with Crippen LogP contribution in [0.2, 0.25) is 5.02 Å². The Bertz CT molecular complexity index is 1370. The molecule has 3 aromatic heterocycles. The van der Waals surface area contributed by atoms with Gasteiger partial charge in [0, 0.05) is 23.7 Å². The SMILES string of the molecule is Cc1c(-c2nc(-c3ccc(Cl)cc3)no2)sc2ncn(CC(=O)NC[C@@H]3CCCO3)c(=O)c12. The van der Waals surface area contributed by atoms with Crippen molar-refractivity contribution < 1.29 is 14.1 Å². The molecule has 1 amide bonds. The number of aromatic nitrogens is 4. The van der Waals surface area contributed by atoms with E-state index in [9.17, 15) is 9.59 Å². The Kier molecular flexibility index (Phi) is 5.96. The quantitative estimate of drug-likeness (QED) is 0.445. The number of nitrogens with zero attached hydrogens (tertiary/aromatic N) is 4. The summed E-state index contributed by atoms with van der Waals surface area (Å²) in [6, 6.07) is 7.11. The number of rotatable bonds is 6. The van der Waals surface area contributed by atoms with Crippen LogP contribution in [0.3, 0.4) is 0 Å². The predicted molar refractivity (Wildman–Crippen MR) is 124 cm³/mol. The van der Waals surface area contributed by atoms with Crippen LogP contribution in [0.1, 0.15) is 18.4 Å². The molecule has 4 aromatic rings. The fourth-order valence-corrected chi connectivity index (χ4v) is 4.94. The molecule has 1 aromatic carbocycles.